The van der Waals surface area contributed by atoms with E-state index in [1.807, 2.05) is 27.7 Å². The molecule has 0 atom stereocenters. The Morgan fingerprint density at radius 1 is 0.800 bits per heavy atom. The summed E-state index contributed by atoms with van der Waals surface area (Å²) < 4.78 is 10.2. The van der Waals surface area contributed by atoms with Crippen molar-refractivity contribution in [3.63, 3.8) is 0 Å². The Morgan fingerprint density at radius 2 is 1.15 bits per heavy atom. The second-order valence-corrected chi connectivity index (χ2v) is 7.98. The third-order valence-electron chi connectivity index (χ3n) is 2.09. The van der Waals surface area contributed by atoms with Crippen molar-refractivity contribution in [3.8, 4) is 0 Å². The molecule has 0 amide bonds. The molecule has 20 heavy (non-hydrogen) atoms. The van der Waals surface area contributed by atoms with E-state index in [0.29, 0.717) is 37.9 Å². The highest BCUT2D eigenvalue weighted by Gasteiger charge is 2.06. The smallest absolute Gasteiger partial charge is 0.306 e. The second-order valence-electron chi connectivity index (χ2n) is 5.28. The Hall–Kier alpha value is -0.360. The largest absolute Gasteiger partial charge is 0.465 e. The highest BCUT2D eigenvalue weighted by Crippen LogP contribution is 2.20. The van der Waals surface area contributed by atoms with Gasteiger partial charge in [0.1, 0.15) is 13.2 Å². The first-order chi connectivity index (χ1) is 9.41. The first-order valence-corrected chi connectivity index (χ1v) is 9.46. The summed E-state index contributed by atoms with van der Waals surface area (Å²) >= 11 is 0. The topological polar surface area (TPSA) is 52.6 Å². The molecule has 118 valence electrons. The number of hydrogen-bond acceptors (Lipinski definition) is 6. The van der Waals surface area contributed by atoms with Gasteiger partial charge in [0.25, 0.3) is 0 Å². The molecule has 0 saturated carbocycles. The van der Waals surface area contributed by atoms with Crippen LogP contribution >= 0.6 is 21.6 Å². The molecule has 0 aromatic heterocycles. The fourth-order valence-corrected chi connectivity index (χ4v) is 2.94. The van der Waals surface area contributed by atoms with Gasteiger partial charge in [-0.15, -0.1) is 0 Å². The average molecular weight is 322 g/mol. The minimum Gasteiger partial charge on any atom is -0.465 e. The van der Waals surface area contributed by atoms with Crippen molar-refractivity contribution in [1.29, 1.82) is 0 Å². The maximum absolute atomic E-state index is 11.3. The van der Waals surface area contributed by atoms with Crippen LogP contribution in [0.1, 0.15) is 40.5 Å². The molecule has 0 heterocycles. The van der Waals surface area contributed by atoms with Crippen LogP contribution in [-0.2, 0) is 19.1 Å². The third kappa shape index (κ3) is 14.1. The van der Waals surface area contributed by atoms with E-state index in [0.717, 1.165) is 11.5 Å². The SMILES string of the molecule is CC(C)CC(=O)OCCSSCCOC(=O)CC(C)C. The van der Waals surface area contributed by atoms with Crippen molar-refractivity contribution in [3.05, 3.63) is 0 Å². The molecule has 0 rings (SSSR count). The van der Waals surface area contributed by atoms with Crippen LogP contribution < -0.4 is 0 Å². The van der Waals surface area contributed by atoms with Crippen LogP contribution in [0.5, 0.6) is 0 Å². The van der Waals surface area contributed by atoms with Gasteiger partial charge in [-0.25, -0.2) is 0 Å². The van der Waals surface area contributed by atoms with E-state index in [1.54, 1.807) is 21.6 Å². The highest BCUT2D eigenvalue weighted by molar-refractivity contribution is 8.76. The van der Waals surface area contributed by atoms with Crippen molar-refractivity contribution in [1.82, 2.24) is 0 Å². The van der Waals surface area contributed by atoms with Crippen LogP contribution in [0.2, 0.25) is 0 Å². The summed E-state index contributed by atoms with van der Waals surface area (Å²) in [7, 11) is 3.26. The number of rotatable bonds is 11. The summed E-state index contributed by atoms with van der Waals surface area (Å²) in [6.07, 6.45) is 0.952. The van der Waals surface area contributed by atoms with E-state index < -0.39 is 0 Å². The fraction of sp³-hybridized carbons (Fsp3) is 0.857. The highest BCUT2D eigenvalue weighted by atomic mass is 33.1. The molecule has 0 fully saturated rings. The van der Waals surface area contributed by atoms with Gasteiger partial charge in [0.15, 0.2) is 0 Å². The van der Waals surface area contributed by atoms with Crippen molar-refractivity contribution in [2.24, 2.45) is 11.8 Å². The maximum atomic E-state index is 11.3. The molecule has 0 aromatic carbocycles. The van der Waals surface area contributed by atoms with Gasteiger partial charge in [0.05, 0.1) is 0 Å². The lowest BCUT2D eigenvalue weighted by atomic mass is 10.1. The van der Waals surface area contributed by atoms with Crippen LogP contribution in [-0.4, -0.2) is 36.7 Å². The van der Waals surface area contributed by atoms with Gasteiger partial charge in [-0.3, -0.25) is 9.59 Å². The van der Waals surface area contributed by atoms with Crippen LogP contribution in [0.15, 0.2) is 0 Å². The van der Waals surface area contributed by atoms with Crippen LogP contribution in [0.25, 0.3) is 0 Å². The molecule has 0 N–H and O–H groups in total. The van der Waals surface area contributed by atoms with Gasteiger partial charge >= 0.3 is 11.9 Å². The maximum Gasteiger partial charge on any atom is 0.306 e. The van der Waals surface area contributed by atoms with Gasteiger partial charge in [-0.1, -0.05) is 49.3 Å². The zero-order valence-electron chi connectivity index (χ0n) is 12.8. The van der Waals surface area contributed by atoms with E-state index in [4.69, 9.17) is 9.47 Å². The Bertz CT molecular complexity index is 252. The molecule has 0 aromatic rings. The van der Waals surface area contributed by atoms with Gasteiger partial charge in [0, 0.05) is 24.3 Å². The molecule has 6 heteroatoms. The molecule has 0 aliphatic carbocycles. The zero-order valence-corrected chi connectivity index (χ0v) is 14.5. The predicted molar refractivity (Wildman–Crippen MR) is 85.7 cm³/mol. The Morgan fingerprint density at radius 3 is 1.45 bits per heavy atom. The summed E-state index contributed by atoms with van der Waals surface area (Å²) in [6.45, 7) is 8.85. The summed E-state index contributed by atoms with van der Waals surface area (Å²) in [4.78, 5) is 22.5. The molecular formula is C14H26O4S2. The Labute approximate surface area is 130 Å². The summed E-state index contributed by atoms with van der Waals surface area (Å²) in [5.74, 6) is 1.93. The molecule has 0 aliphatic heterocycles. The van der Waals surface area contributed by atoms with Crippen LogP contribution in [0.4, 0.5) is 0 Å². The second kappa shape index (κ2) is 12.4. The standard InChI is InChI=1S/C14H26O4S2/c1-11(2)9-13(15)17-5-7-19-20-8-6-18-14(16)10-12(3)4/h11-12H,5-10H2,1-4H3. The van der Waals surface area contributed by atoms with Crippen molar-refractivity contribution in [2.75, 3.05) is 24.7 Å². The minimum absolute atomic E-state index is 0.131. The van der Waals surface area contributed by atoms with Crippen molar-refractivity contribution < 1.29 is 19.1 Å². The lowest BCUT2D eigenvalue weighted by Crippen LogP contribution is -2.10. The number of esters is 2. The minimum atomic E-state index is -0.131. The lowest BCUT2D eigenvalue weighted by Gasteiger charge is -2.07. The first-order valence-electron chi connectivity index (χ1n) is 6.97. The summed E-state index contributed by atoms with van der Waals surface area (Å²) in [5.41, 5.74) is 0. The molecule has 0 spiro atoms. The number of carbonyl (C=O) groups excluding carboxylic acids is 2. The van der Waals surface area contributed by atoms with Gasteiger partial charge in [-0.05, 0) is 11.8 Å². The molecule has 0 radical (unpaired) electrons. The quantitative estimate of drug-likeness (QED) is 0.329. The van der Waals surface area contributed by atoms with E-state index in [1.165, 1.54) is 0 Å². The normalized spacial score (nSPS) is 10.9. The van der Waals surface area contributed by atoms with Gasteiger partial charge < -0.3 is 9.47 Å². The first kappa shape index (κ1) is 19.6. The fourth-order valence-electron chi connectivity index (χ4n) is 1.28. The number of ether oxygens (including phenoxy) is 2. The molecule has 0 saturated heterocycles. The van der Waals surface area contributed by atoms with E-state index in [-0.39, 0.29) is 11.9 Å². The average Bonchev–Trinajstić information content (AvgIpc) is 2.30. The third-order valence-corrected chi connectivity index (χ3v) is 4.43. The zero-order chi connectivity index (χ0) is 15.4. The van der Waals surface area contributed by atoms with Crippen LogP contribution in [0, 0.1) is 11.8 Å². The number of hydrogen-bond donors (Lipinski definition) is 0. The summed E-state index contributed by atoms with van der Waals surface area (Å²) in [5, 5.41) is 0. The van der Waals surface area contributed by atoms with E-state index >= 15 is 0 Å². The Kier molecular flexibility index (Phi) is 12.2. The Balaban J connectivity index is 3.29. The summed E-state index contributed by atoms with van der Waals surface area (Å²) in [6, 6.07) is 0. The van der Waals surface area contributed by atoms with Crippen LogP contribution in [0.3, 0.4) is 0 Å². The van der Waals surface area contributed by atoms with Gasteiger partial charge in [0.2, 0.25) is 0 Å². The number of carbonyl (C=O) groups is 2. The lowest BCUT2D eigenvalue weighted by molar-refractivity contribution is -0.144. The molecular weight excluding hydrogens is 296 g/mol. The monoisotopic (exact) mass is 322 g/mol. The van der Waals surface area contributed by atoms with Crippen molar-refractivity contribution >= 4 is 33.5 Å². The molecule has 0 aliphatic rings. The van der Waals surface area contributed by atoms with E-state index in [9.17, 15) is 9.59 Å². The van der Waals surface area contributed by atoms with E-state index in [2.05, 4.69) is 0 Å². The van der Waals surface area contributed by atoms with Gasteiger partial charge in [-0.2, -0.15) is 0 Å². The molecule has 0 bridgehead atoms. The predicted octanol–water partition coefficient (Wildman–Crippen LogP) is 3.55. The molecule has 4 nitrogen and oxygen atoms in total. The van der Waals surface area contributed by atoms with Crippen molar-refractivity contribution in [2.45, 2.75) is 40.5 Å². The molecule has 0 unspecified atom stereocenters.